The predicted octanol–water partition coefficient (Wildman–Crippen LogP) is 2.94. The lowest BCUT2D eigenvalue weighted by Crippen LogP contribution is -2.14. The Morgan fingerprint density at radius 1 is 1.07 bits per heavy atom. The molecule has 0 saturated carbocycles. The van der Waals surface area contributed by atoms with Crippen LogP contribution < -0.4 is 11.1 Å². The lowest BCUT2D eigenvalue weighted by atomic mass is 10.2. The van der Waals surface area contributed by atoms with Gasteiger partial charge in [-0.2, -0.15) is 0 Å². The molecule has 9 heteroatoms. The van der Waals surface area contributed by atoms with Crippen molar-refractivity contribution in [1.82, 2.24) is 4.98 Å². The zero-order valence-electron chi connectivity index (χ0n) is 14.3. The highest BCUT2D eigenvalue weighted by molar-refractivity contribution is 7.90. The standard InChI is InChI=1S/C19H14N2O6S/c22-18(20-13-6-7-16-15(10-13)21-19(23)27-16)17-12(8-9-26-17)11-28(24,25)14-4-2-1-3-5-14/h1-10H,11H2,(H,20,22)(H,21,23). The van der Waals surface area contributed by atoms with Crippen molar-refractivity contribution in [3.63, 3.8) is 0 Å². The van der Waals surface area contributed by atoms with Gasteiger partial charge in [-0.3, -0.25) is 9.78 Å². The van der Waals surface area contributed by atoms with E-state index in [1.807, 2.05) is 0 Å². The van der Waals surface area contributed by atoms with Crippen molar-refractivity contribution in [3.05, 3.63) is 82.7 Å². The van der Waals surface area contributed by atoms with Gasteiger partial charge in [-0.25, -0.2) is 13.2 Å². The van der Waals surface area contributed by atoms with Gasteiger partial charge in [0.05, 0.1) is 22.4 Å². The van der Waals surface area contributed by atoms with Crippen LogP contribution in [0, 0.1) is 0 Å². The molecule has 0 fully saturated rings. The maximum atomic E-state index is 12.6. The summed E-state index contributed by atoms with van der Waals surface area (Å²) in [7, 11) is -3.63. The zero-order valence-corrected chi connectivity index (χ0v) is 15.2. The molecule has 0 unspecified atom stereocenters. The third-order valence-corrected chi connectivity index (χ3v) is 5.76. The molecule has 0 radical (unpaired) electrons. The number of anilines is 1. The first-order valence-corrected chi connectivity index (χ1v) is 9.86. The van der Waals surface area contributed by atoms with Gasteiger partial charge in [0.1, 0.15) is 0 Å². The van der Waals surface area contributed by atoms with E-state index in [1.165, 1.54) is 36.6 Å². The van der Waals surface area contributed by atoms with Crippen molar-refractivity contribution in [1.29, 1.82) is 0 Å². The maximum absolute atomic E-state index is 12.6. The van der Waals surface area contributed by atoms with Gasteiger partial charge in [0.15, 0.2) is 21.2 Å². The average Bonchev–Trinajstić information content (AvgIpc) is 3.27. The number of amides is 1. The van der Waals surface area contributed by atoms with Crippen LogP contribution in [0.4, 0.5) is 5.69 Å². The summed E-state index contributed by atoms with van der Waals surface area (Å²) in [6.45, 7) is 0. The minimum atomic E-state index is -3.63. The number of fused-ring (bicyclic) bond motifs is 1. The van der Waals surface area contributed by atoms with E-state index >= 15 is 0 Å². The van der Waals surface area contributed by atoms with Gasteiger partial charge in [0.2, 0.25) is 0 Å². The summed E-state index contributed by atoms with van der Waals surface area (Å²) in [6.07, 6.45) is 1.27. The Balaban J connectivity index is 1.57. The van der Waals surface area contributed by atoms with Crippen molar-refractivity contribution in [3.8, 4) is 0 Å². The molecule has 0 atom stereocenters. The van der Waals surface area contributed by atoms with Crippen LogP contribution in [0.25, 0.3) is 11.1 Å². The largest absolute Gasteiger partial charge is 0.459 e. The number of benzene rings is 2. The number of nitrogens with one attached hydrogen (secondary N) is 2. The number of carbonyl (C=O) groups is 1. The highest BCUT2D eigenvalue weighted by Crippen LogP contribution is 2.22. The van der Waals surface area contributed by atoms with Crippen LogP contribution in [0.15, 0.2) is 79.4 Å². The van der Waals surface area contributed by atoms with Gasteiger partial charge in [0.25, 0.3) is 5.91 Å². The fourth-order valence-electron chi connectivity index (χ4n) is 2.78. The molecule has 4 rings (SSSR count). The SMILES string of the molecule is O=C(Nc1ccc2oc(=O)[nH]c2c1)c1occc1CS(=O)(=O)c1ccccc1. The molecule has 142 valence electrons. The molecule has 0 saturated heterocycles. The van der Waals surface area contributed by atoms with E-state index in [0.29, 0.717) is 16.8 Å². The third-order valence-electron chi connectivity index (χ3n) is 4.08. The maximum Gasteiger partial charge on any atom is 0.417 e. The number of rotatable bonds is 5. The molecule has 2 N–H and O–H groups in total. The highest BCUT2D eigenvalue weighted by Gasteiger charge is 2.22. The zero-order chi connectivity index (χ0) is 19.7. The smallest absolute Gasteiger partial charge is 0.417 e. The van der Waals surface area contributed by atoms with Crippen molar-refractivity contribution in [2.45, 2.75) is 10.6 Å². The molecule has 0 aliphatic heterocycles. The summed E-state index contributed by atoms with van der Waals surface area (Å²) >= 11 is 0. The minimum Gasteiger partial charge on any atom is -0.459 e. The summed E-state index contributed by atoms with van der Waals surface area (Å²) in [5.74, 6) is -1.67. The van der Waals surface area contributed by atoms with Crippen molar-refractivity contribution in [2.24, 2.45) is 0 Å². The number of hydrogen-bond donors (Lipinski definition) is 2. The summed E-state index contributed by atoms with van der Waals surface area (Å²) in [5.41, 5.74) is 1.42. The molecular weight excluding hydrogens is 384 g/mol. The van der Waals surface area contributed by atoms with Crippen LogP contribution in [0.5, 0.6) is 0 Å². The van der Waals surface area contributed by atoms with Gasteiger partial charge in [-0.05, 0) is 36.4 Å². The topological polar surface area (TPSA) is 122 Å². The molecular formula is C19H14N2O6S. The fourth-order valence-corrected chi connectivity index (χ4v) is 4.16. The summed E-state index contributed by atoms with van der Waals surface area (Å²) < 4.78 is 35.3. The Morgan fingerprint density at radius 3 is 2.64 bits per heavy atom. The normalized spacial score (nSPS) is 11.6. The first-order valence-electron chi connectivity index (χ1n) is 8.21. The van der Waals surface area contributed by atoms with E-state index in [1.54, 1.807) is 24.3 Å². The van der Waals surface area contributed by atoms with Crippen molar-refractivity contribution < 1.29 is 22.0 Å². The minimum absolute atomic E-state index is 0.0970. The lowest BCUT2D eigenvalue weighted by molar-refractivity contribution is 0.0996. The van der Waals surface area contributed by atoms with E-state index in [4.69, 9.17) is 8.83 Å². The fraction of sp³-hybridized carbons (Fsp3) is 0.0526. The number of oxazole rings is 1. The lowest BCUT2D eigenvalue weighted by Gasteiger charge is -2.06. The van der Waals surface area contributed by atoms with Crippen LogP contribution in [-0.2, 0) is 15.6 Å². The molecule has 0 bridgehead atoms. The monoisotopic (exact) mass is 398 g/mol. The average molecular weight is 398 g/mol. The summed E-state index contributed by atoms with van der Waals surface area (Å²) in [5, 5.41) is 2.62. The molecule has 8 nitrogen and oxygen atoms in total. The van der Waals surface area contributed by atoms with Crippen LogP contribution in [0.2, 0.25) is 0 Å². The van der Waals surface area contributed by atoms with E-state index in [0.717, 1.165) is 0 Å². The first kappa shape index (κ1) is 17.8. The van der Waals surface area contributed by atoms with Gasteiger partial charge in [-0.15, -0.1) is 0 Å². The predicted molar refractivity (Wildman–Crippen MR) is 101 cm³/mol. The second-order valence-corrected chi connectivity index (χ2v) is 8.02. The van der Waals surface area contributed by atoms with Crippen LogP contribution in [0.1, 0.15) is 16.1 Å². The van der Waals surface area contributed by atoms with Gasteiger partial charge in [0, 0.05) is 11.3 Å². The Hall–Kier alpha value is -3.59. The molecule has 2 heterocycles. The van der Waals surface area contributed by atoms with Crippen molar-refractivity contribution >= 4 is 32.5 Å². The molecule has 28 heavy (non-hydrogen) atoms. The number of H-pyrrole nitrogens is 1. The molecule has 1 amide bonds. The van der Waals surface area contributed by atoms with Crippen molar-refractivity contribution in [2.75, 3.05) is 5.32 Å². The van der Waals surface area contributed by atoms with E-state index in [2.05, 4.69) is 10.3 Å². The Kier molecular flexibility index (Phi) is 4.36. The molecule has 4 aromatic rings. The van der Waals surface area contributed by atoms with E-state index < -0.39 is 21.5 Å². The number of aromatic amines is 1. The Morgan fingerprint density at radius 2 is 1.86 bits per heavy atom. The third kappa shape index (κ3) is 3.47. The second-order valence-electron chi connectivity index (χ2n) is 6.03. The molecule has 2 aromatic carbocycles. The Bertz CT molecular complexity index is 1320. The first-order chi connectivity index (χ1) is 13.4. The van der Waals surface area contributed by atoms with Gasteiger partial charge < -0.3 is 14.2 Å². The summed E-state index contributed by atoms with van der Waals surface area (Å²) in [4.78, 5) is 26.4. The highest BCUT2D eigenvalue weighted by atomic mass is 32.2. The number of hydrogen-bond acceptors (Lipinski definition) is 6. The summed E-state index contributed by atoms with van der Waals surface area (Å²) in [6, 6.07) is 14.0. The van der Waals surface area contributed by atoms with E-state index in [-0.39, 0.29) is 22.0 Å². The van der Waals surface area contributed by atoms with E-state index in [9.17, 15) is 18.0 Å². The number of furan rings is 1. The Labute approximate surface area is 158 Å². The molecule has 0 aliphatic carbocycles. The number of sulfone groups is 1. The van der Waals surface area contributed by atoms with Gasteiger partial charge >= 0.3 is 5.76 Å². The second kappa shape index (κ2) is 6.86. The number of aromatic nitrogens is 1. The number of carbonyl (C=O) groups excluding carboxylic acids is 1. The molecule has 2 aromatic heterocycles. The quantitative estimate of drug-likeness (QED) is 0.533. The van der Waals surface area contributed by atoms with Crippen LogP contribution in [-0.4, -0.2) is 19.3 Å². The van der Waals surface area contributed by atoms with Gasteiger partial charge in [-0.1, -0.05) is 18.2 Å². The van der Waals surface area contributed by atoms with Crippen LogP contribution >= 0.6 is 0 Å². The molecule has 0 spiro atoms. The van der Waals surface area contributed by atoms with Crippen LogP contribution in [0.3, 0.4) is 0 Å². The molecule has 0 aliphatic rings.